The first kappa shape index (κ1) is 21.3. The number of anilines is 1. The Balaban J connectivity index is 1.99. The van der Waals surface area contributed by atoms with Crippen molar-refractivity contribution in [3.8, 4) is 22.9 Å². The molecule has 0 bridgehead atoms. The molecule has 3 aromatic rings. The highest BCUT2D eigenvalue weighted by Crippen LogP contribution is 2.45. The van der Waals surface area contributed by atoms with Gasteiger partial charge in [-0.2, -0.15) is 4.98 Å². The van der Waals surface area contributed by atoms with Gasteiger partial charge in [0, 0.05) is 23.9 Å². The summed E-state index contributed by atoms with van der Waals surface area (Å²) in [6.45, 7) is 2.76. The van der Waals surface area contributed by atoms with Crippen molar-refractivity contribution in [3.63, 3.8) is 0 Å². The van der Waals surface area contributed by atoms with Crippen LogP contribution in [0.3, 0.4) is 0 Å². The SMILES string of the molecule is CSc1nnc2c(n1)OC(c1cc(Br)ccc1OC(C)=O)N(C(C)=O)c1ccccc1-2. The number of rotatable bonds is 3. The Bertz CT molecular complexity index is 1190. The standard InChI is InChI=1S/C21H17BrN4O4S/c1-11(27)26-16-7-5-4-6-14(16)18-19(23-21(31-3)25-24-18)30-20(26)15-10-13(22)8-9-17(15)29-12(2)28/h4-10,20H,1-3H3. The van der Waals surface area contributed by atoms with Crippen LogP contribution >= 0.6 is 27.7 Å². The van der Waals surface area contributed by atoms with Crippen LogP contribution in [0.4, 0.5) is 5.69 Å². The quantitative estimate of drug-likeness (QED) is 0.296. The van der Waals surface area contributed by atoms with Crippen LogP contribution in [-0.2, 0) is 9.59 Å². The number of hydrogen-bond donors (Lipinski definition) is 0. The number of fused-ring (bicyclic) bond motifs is 3. The summed E-state index contributed by atoms with van der Waals surface area (Å²) in [5, 5.41) is 8.87. The molecule has 8 nitrogen and oxygen atoms in total. The van der Waals surface area contributed by atoms with Crippen LogP contribution in [0.1, 0.15) is 25.6 Å². The highest BCUT2D eigenvalue weighted by atomic mass is 79.9. The number of para-hydroxylation sites is 1. The summed E-state index contributed by atoms with van der Waals surface area (Å²) in [6.07, 6.45) is 0.874. The molecule has 4 rings (SSSR count). The number of esters is 1. The van der Waals surface area contributed by atoms with E-state index in [1.54, 1.807) is 24.3 Å². The van der Waals surface area contributed by atoms with Crippen LogP contribution < -0.4 is 14.4 Å². The number of aromatic nitrogens is 3. The number of halogens is 1. The predicted molar refractivity (Wildman–Crippen MR) is 119 cm³/mol. The highest BCUT2D eigenvalue weighted by molar-refractivity contribution is 9.10. The molecular formula is C21H17BrN4O4S. The number of amides is 1. The molecule has 31 heavy (non-hydrogen) atoms. The van der Waals surface area contributed by atoms with E-state index in [1.165, 1.54) is 30.5 Å². The van der Waals surface area contributed by atoms with E-state index in [2.05, 4.69) is 31.1 Å². The Labute approximate surface area is 191 Å². The molecule has 0 spiro atoms. The van der Waals surface area contributed by atoms with E-state index in [0.717, 1.165) is 4.47 Å². The van der Waals surface area contributed by atoms with Gasteiger partial charge in [-0.15, -0.1) is 10.2 Å². The molecule has 0 N–H and O–H groups in total. The second kappa shape index (κ2) is 8.64. The van der Waals surface area contributed by atoms with Gasteiger partial charge in [0.2, 0.25) is 23.2 Å². The van der Waals surface area contributed by atoms with Gasteiger partial charge in [0.1, 0.15) is 5.75 Å². The molecule has 1 amide bonds. The van der Waals surface area contributed by atoms with Gasteiger partial charge in [0.15, 0.2) is 5.69 Å². The third-order valence-electron chi connectivity index (χ3n) is 4.53. The number of hydrogen-bond acceptors (Lipinski definition) is 8. The Morgan fingerprint density at radius 2 is 1.94 bits per heavy atom. The van der Waals surface area contributed by atoms with Crippen molar-refractivity contribution in [1.82, 2.24) is 15.2 Å². The molecule has 2 heterocycles. The summed E-state index contributed by atoms with van der Waals surface area (Å²) in [5.74, 6) is -0.243. The fourth-order valence-electron chi connectivity index (χ4n) is 3.30. The van der Waals surface area contributed by atoms with Crippen LogP contribution in [-0.4, -0.2) is 33.3 Å². The summed E-state index contributed by atoms with van der Waals surface area (Å²) in [5.41, 5.74) is 2.14. The van der Waals surface area contributed by atoms with Crippen LogP contribution in [0.2, 0.25) is 0 Å². The molecule has 10 heteroatoms. The average Bonchev–Trinajstić information content (AvgIpc) is 2.88. The maximum Gasteiger partial charge on any atom is 0.308 e. The van der Waals surface area contributed by atoms with Gasteiger partial charge in [-0.05, 0) is 30.5 Å². The summed E-state index contributed by atoms with van der Waals surface area (Å²) in [7, 11) is 0. The van der Waals surface area contributed by atoms with Gasteiger partial charge in [0.05, 0.1) is 11.3 Å². The zero-order chi connectivity index (χ0) is 22.1. The smallest absolute Gasteiger partial charge is 0.308 e. The molecule has 1 atom stereocenters. The van der Waals surface area contributed by atoms with Crippen LogP contribution in [0, 0.1) is 0 Å². The van der Waals surface area contributed by atoms with Gasteiger partial charge >= 0.3 is 5.97 Å². The van der Waals surface area contributed by atoms with Crippen molar-refractivity contribution in [2.45, 2.75) is 25.2 Å². The van der Waals surface area contributed by atoms with Crippen molar-refractivity contribution in [3.05, 3.63) is 52.5 Å². The molecule has 1 aromatic heterocycles. The molecule has 0 fully saturated rings. The van der Waals surface area contributed by atoms with E-state index >= 15 is 0 Å². The lowest BCUT2D eigenvalue weighted by Crippen LogP contribution is -2.36. The molecule has 1 aliphatic heterocycles. The number of ether oxygens (including phenoxy) is 2. The first-order chi connectivity index (χ1) is 14.9. The van der Waals surface area contributed by atoms with E-state index in [-0.39, 0.29) is 17.5 Å². The summed E-state index contributed by atoms with van der Waals surface area (Å²) in [6, 6.07) is 12.4. The summed E-state index contributed by atoms with van der Waals surface area (Å²) in [4.78, 5) is 30.5. The molecule has 0 aliphatic carbocycles. The molecule has 0 saturated heterocycles. The van der Waals surface area contributed by atoms with Gasteiger partial charge in [-0.25, -0.2) is 0 Å². The van der Waals surface area contributed by atoms with Crippen LogP contribution in [0.5, 0.6) is 11.6 Å². The first-order valence-electron chi connectivity index (χ1n) is 9.21. The first-order valence-corrected chi connectivity index (χ1v) is 11.2. The Kier molecular flexibility index (Phi) is 5.92. The third-order valence-corrected chi connectivity index (χ3v) is 5.56. The topological polar surface area (TPSA) is 94.5 Å². The number of nitrogens with zero attached hydrogens (tertiary/aromatic N) is 4. The molecule has 2 aromatic carbocycles. The van der Waals surface area contributed by atoms with E-state index < -0.39 is 12.2 Å². The predicted octanol–water partition coefficient (Wildman–Crippen LogP) is 4.39. The second-order valence-corrected chi connectivity index (χ2v) is 8.29. The second-order valence-electron chi connectivity index (χ2n) is 6.60. The fourth-order valence-corrected chi connectivity index (χ4v) is 3.98. The maximum atomic E-state index is 12.9. The minimum atomic E-state index is -0.960. The van der Waals surface area contributed by atoms with Gasteiger partial charge in [-0.3, -0.25) is 14.5 Å². The average molecular weight is 501 g/mol. The van der Waals surface area contributed by atoms with Crippen molar-refractivity contribution >= 4 is 45.3 Å². The number of carbonyl (C=O) groups is 2. The number of benzene rings is 2. The van der Waals surface area contributed by atoms with Gasteiger partial charge in [-0.1, -0.05) is 45.9 Å². The largest absolute Gasteiger partial charge is 0.447 e. The van der Waals surface area contributed by atoms with Crippen LogP contribution in [0.25, 0.3) is 11.3 Å². The monoisotopic (exact) mass is 500 g/mol. The number of thioether (sulfide) groups is 1. The molecule has 1 unspecified atom stereocenters. The third kappa shape index (κ3) is 4.13. The summed E-state index contributed by atoms with van der Waals surface area (Å²) < 4.78 is 12.4. The van der Waals surface area contributed by atoms with E-state index in [9.17, 15) is 9.59 Å². The molecule has 158 valence electrons. The van der Waals surface area contributed by atoms with E-state index in [4.69, 9.17) is 9.47 Å². The molecular weight excluding hydrogens is 484 g/mol. The molecule has 0 saturated carbocycles. The minimum Gasteiger partial charge on any atom is -0.447 e. The molecule has 0 radical (unpaired) electrons. The van der Waals surface area contributed by atoms with E-state index in [0.29, 0.717) is 27.7 Å². The van der Waals surface area contributed by atoms with Crippen LogP contribution in [0.15, 0.2) is 52.1 Å². The van der Waals surface area contributed by atoms with Gasteiger partial charge < -0.3 is 9.47 Å². The lowest BCUT2D eigenvalue weighted by atomic mass is 10.1. The Hall–Kier alpha value is -2.98. The fraction of sp³-hybridized carbons (Fsp3) is 0.190. The zero-order valence-electron chi connectivity index (χ0n) is 16.8. The highest BCUT2D eigenvalue weighted by Gasteiger charge is 2.36. The Morgan fingerprint density at radius 1 is 1.16 bits per heavy atom. The maximum absolute atomic E-state index is 12.9. The normalized spacial score (nSPS) is 14.7. The minimum absolute atomic E-state index is 0.231. The number of carbonyl (C=O) groups excluding carboxylic acids is 2. The van der Waals surface area contributed by atoms with Crippen molar-refractivity contribution in [2.75, 3.05) is 11.2 Å². The van der Waals surface area contributed by atoms with E-state index in [1.807, 2.05) is 24.5 Å². The summed E-state index contributed by atoms with van der Waals surface area (Å²) >= 11 is 4.78. The lowest BCUT2D eigenvalue weighted by Gasteiger charge is -2.30. The van der Waals surface area contributed by atoms with Crippen molar-refractivity contribution in [2.24, 2.45) is 0 Å². The zero-order valence-corrected chi connectivity index (χ0v) is 19.2. The lowest BCUT2D eigenvalue weighted by molar-refractivity contribution is -0.132. The molecule has 1 aliphatic rings. The Morgan fingerprint density at radius 3 is 2.65 bits per heavy atom. The van der Waals surface area contributed by atoms with Crippen molar-refractivity contribution in [1.29, 1.82) is 0 Å². The van der Waals surface area contributed by atoms with Gasteiger partial charge in [0.25, 0.3) is 0 Å². The van der Waals surface area contributed by atoms with Crippen molar-refractivity contribution < 1.29 is 19.1 Å².